The van der Waals surface area contributed by atoms with Crippen molar-refractivity contribution in [1.29, 1.82) is 0 Å². The molecule has 52 valence electrons. The molecule has 2 heterocycles. The zero-order valence-corrected chi connectivity index (χ0v) is 5.58. The van der Waals surface area contributed by atoms with Crippen molar-refractivity contribution in [3.05, 3.63) is 0 Å². The molecule has 0 bridgehead atoms. The number of nitrogens with zero attached hydrogens (tertiary/aromatic N) is 1. The second-order valence-electron chi connectivity index (χ2n) is 3.10. The molecule has 2 aliphatic heterocycles. The number of rotatable bonds is 0. The van der Waals surface area contributed by atoms with Crippen molar-refractivity contribution in [2.24, 2.45) is 0 Å². The predicted octanol–water partition coefficient (Wildman–Crippen LogP) is 0.215. The highest BCUT2D eigenvalue weighted by atomic mass is 16.3. The molecule has 1 unspecified atom stereocenters. The molecule has 0 spiro atoms. The first-order valence-electron chi connectivity index (χ1n) is 3.80. The normalized spacial score (nSPS) is 43.7. The maximum atomic E-state index is 9.36. The Kier molecular flexibility index (Phi) is 1.24. The first-order valence-corrected chi connectivity index (χ1v) is 3.80. The fourth-order valence-electron chi connectivity index (χ4n) is 2.06. The zero-order chi connectivity index (χ0) is 6.27. The Bertz CT molecular complexity index is 115. The molecule has 1 N–H and O–H groups in total. The van der Waals surface area contributed by atoms with Gasteiger partial charge in [-0.2, -0.15) is 0 Å². The van der Waals surface area contributed by atoms with Crippen molar-refractivity contribution in [1.82, 2.24) is 4.90 Å². The summed E-state index contributed by atoms with van der Waals surface area (Å²) >= 11 is 0. The lowest BCUT2D eigenvalue weighted by atomic mass is 10.1. The Labute approximate surface area is 55.5 Å². The van der Waals surface area contributed by atoms with Crippen molar-refractivity contribution >= 4 is 0 Å². The Morgan fingerprint density at radius 3 is 2.89 bits per heavy atom. The van der Waals surface area contributed by atoms with Crippen LogP contribution < -0.4 is 0 Å². The molecule has 0 saturated carbocycles. The quantitative estimate of drug-likeness (QED) is 0.503. The Morgan fingerprint density at radius 2 is 2.11 bits per heavy atom. The predicted molar refractivity (Wildman–Crippen MR) is 35.2 cm³/mol. The van der Waals surface area contributed by atoms with Crippen LogP contribution in [0.4, 0.5) is 0 Å². The Morgan fingerprint density at radius 1 is 1.22 bits per heavy atom. The molecule has 0 radical (unpaired) electrons. The summed E-state index contributed by atoms with van der Waals surface area (Å²) in [5.41, 5.74) is 0. The van der Waals surface area contributed by atoms with Crippen LogP contribution in [0.25, 0.3) is 0 Å². The lowest BCUT2D eigenvalue weighted by Gasteiger charge is -2.15. The summed E-state index contributed by atoms with van der Waals surface area (Å²) in [4.78, 5) is 2.41. The number of fused-ring (bicyclic) bond motifs is 1. The second kappa shape index (κ2) is 1.96. The van der Waals surface area contributed by atoms with E-state index in [0.29, 0.717) is 6.04 Å². The van der Waals surface area contributed by atoms with Crippen LogP contribution in [0.5, 0.6) is 0 Å². The molecule has 2 rings (SSSR count). The molecule has 0 amide bonds. The molecule has 0 aliphatic carbocycles. The van der Waals surface area contributed by atoms with Crippen molar-refractivity contribution in [2.45, 2.75) is 31.4 Å². The number of hydrogen-bond acceptors (Lipinski definition) is 2. The molecule has 2 atom stereocenters. The summed E-state index contributed by atoms with van der Waals surface area (Å²) in [6.07, 6.45) is 3.51. The maximum Gasteiger partial charge on any atom is 0.0707 e. The first-order chi connectivity index (χ1) is 4.38. The van der Waals surface area contributed by atoms with Gasteiger partial charge >= 0.3 is 0 Å². The maximum absolute atomic E-state index is 9.36. The van der Waals surface area contributed by atoms with Crippen LogP contribution in [-0.2, 0) is 0 Å². The highest BCUT2D eigenvalue weighted by molar-refractivity contribution is 4.90. The van der Waals surface area contributed by atoms with Crippen LogP contribution in [0, 0.1) is 0 Å². The third-order valence-corrected chi connectivity index (χ3v) is 2.57. The van der Waals surface area contributed by atoms with Crippen molar-refractivity contribution in [2.75, 3.05) is 13.1 Å². The van der Waals surface area contributed by atoms with Crippen molar-refractivity contribution < 1.29 is 5.11 Å². The van der Waals surface area contributed by atoms with E-state index in [4.69, 9.17) is 0 Å². The summed E-state index contributed by atoms with van der Waals surface area (Å²) in [6.45, 7) is 2.35. The van der Waals surface area contributed by atoms with E-state index in [1.165, 1.54) is 19.4 Å². The number of aliphatic hydroxyl groups is 1. The monoisotopic (exact) mass is 127 g/mol. The van der Waals surface area contributed by atoms with E-state index in [9.17, 15) is 5.11 Å². The van der Waals surface area contributed by atoms with E-state index in [0.717, 1.165) is 13.0 Å². The van der Waals surface area contributed by atoms with Gasteiger partial charge in [-0.05, 0) is 25.8 Å². The van der Waals surface area contributed by atoms with Crippen molar-refractivity contribution in [3.63, 3.8) is 0 Å². The van der Waals surface area contributed by atoms with Gasteiger partial charge in [0.15, 0.2) is 0 Å². The summed E-state index contributed by atoms with van der Waals surface area (Å²) in [5, 5.41) is 9.36. The lowest BCUT2D eigenvalue weighted by molar-refractivity contribution is 0.136. The number of aliphatic hydroxyl groups excluding tert-OH is 1. The molecule has 2 nitrogen and oxygen atoms in total. The minimum Gasteiger partial charge on any atom is -0.391 e. The summed E-state index contributed by atoms with van der Waals surface area (Å²) in [6, 6.07) is 0.532. The Hall–Kier alpha value is -0.0800. The zero-order valence-electron chi connectivity index (χ0n) is 5.58. The van der Waals surface area contributed by atoms with E-state index in [1.807, 2.05) is 0 Å². The van der Waals surface area contributed by atoms with Crippen LogP contribution in [0.1, 0.15) is 19.3 Å². The van der Waals surface area contributed by atoms with E-state index >= 15 is 0 Å². The van der Waals surface area contributed by atoms with Crippen molar-refractivity contribution in [3.8, 4) is 0 Å². The first kappa shape index (κ1) is 5.69. The topological polar surface area (TPSA) is 23.5 Å². The standard InChI is InChI=1S/C7H13NO/c9-7-3-5-8-4-1-2-6(7)8/h6-7,9H,1-5H2/t6-,7?/m0/s1. The molecule has 0 aromatic heterocycles. The summed E-state index contributed by atoms with van der Waals surface area (Å²) in [7, 11) is 0. The van der Waals surface area contributed by atoms with E-state index < -0.39 is 0 Å². The van der Waals surface area contributed by atoms with E-state index in [1.54, 1.807) is 0 Å². The minimum absolute atomic E-state index is 0.00694. The summed E-state index contributed by atoms with van der Waals surface area (Å²) < 4.78 is 0. The SMILES string of the molecule is OC1CCN2CCC[C@@H]12. The van der Waals surface area contributed by atoms with Gasteiger partial charge in [-0.3, -0.25) is 4.90 Å². The van der Waals surface area contributed by atoms with Gasteiger partial charge in [0.1, 0.15) is 0 Å². The third-order valence-electron chi connectivity index (χ3n) is 2.57. The van der Waals surface area contributed by atoms with Crippen LogP contribution >= 0.6 is 0 Å². The highest BCUT2D eigenvalue weighted by Crippen LogP contribution is 2.27. The molecule has 0 aromatic carbocycles. The molecule has 2 aliphatic rings. The van der Waals surface area contributed by atoms with Crippen LogP contribution in [0.2, 0.25) is 0 Å². The average Bonchev–Trinajstić information content (AvgIpc) is 2.35. The minimum atomic E-state index is -0.00694. The van der Waals surface area contributed by atoms with Gasteiger partial charge in [0.2, 0.25) is 0 Å². The van der Waals surface area contributed by atoms with Gasteiger partial charge in [-0.25, -0.2) is 0 Å². The molecule has 0 aromatic rings. The molecular formula is C7H13NO. The molecule has 2 heteroatoms. The fourth-order valence-corrected chi connectivity index (χ4v) is 2.06. The molecule has 2 fully saturated rings. The van der Waals surface area contributed by atoms with Gasteiger partial charge in [0, 0.05) is 12.6 Å². The second-order valence-corrected chi connectivity index (χ2v) is 3.10. The lowest BCUT2D eigenvalue weighted by Crippen LogP contribution is -2.28. The largest absolute Gasteiger partial charge is 0.391 e. The van der Waals surface area contributed by atoms with Gasteiger partial charge in [0.05, 0.1) is 6.10 Å². The fraction of sp³-hybridized carbons (Fsp3) is 1.00. The smallest absolute Gasteiger partial charge is 0.0707 e. The van der Waals surface area contributed by atoms with Crippen LogP contribution in [-0.4, -0.2) is 35.2 Å². The third kappa shape index (κ3) is 0.775. The van der Waals surface area contributed by atoms with E-state index in [-0.39, 0.29) is 6.10 Å². The Balaban J connectivity index is 2.07. The summed E-state index contributed by atoms with van der Waals surface area (Å²) in [5.74, 6) is 0. The average molecular weight is 127 g/mol. The molecule has 9 heavy (non-hydrogen) atoms. The molecular weight excluding hydrogens is 114 g/mol. The van der Waals surface area contributed by atoms with E-state index in [2.05, 4.69) is 4.90 Å². The van der Waals surface area contributed by atoms with Gasteiger partial charge in [-0.1, -0.05) is 0 Å². The van der Waals surface area contributed by atoms with Crippen LogP contribution in [0.15, 0.2) is 0 Å². The van der Waals surface area contributed by atoms with Gasteiger partial charge in [0.25, 0.3) is 0 Å². The van der Waals surface area contributed by atoms with Gasteiger partial charge < -0.3 is 5.11 Å². The number of hydrogen-bond donors (Lipinski definition) is 1. The van der Waals surface area contributed by atoms with Crippen LogP contribution in [0.3, 0.4) is 0 Å². The molecule has 2 saturated heterocycles. The van der Waals surface area contributed by atoms with Gasteiger partial charge in [-0.15, -0.1) is 0 Å². The highest BCUT2D eigenvalue weighted by Gasteiger charge is 2.35.